The van der Waals surface area contributed by atoms with Gasteiger partial charge in [0.05, 0.1) is 6.54 Å². The third kappa shape index (κ3) is 6.04. The minimum absolute atomic E-state index is 0.0744. The summed E-state index contributed by atoms with van der Waals surface area (Å²) in [5.74, 6) is -0.552. The van der Waals surface area contributed by atoms with Crippen molar-refractivity contribution in [2.24, 2.45) is 5.92 Å². The Kier molecular flexibility index (Phi) is 6.85. The number of nitrogens with zero attached hydrogens (tertiary/aromatic N) is 1. The largest absolute Gasteiger partial charge is 0.448 e. The van der Waals surface area contributed by atoms with Gasteiger partial charge >= 0.3 is 0 Å². The molecule has 146 valence electrons. The molecule has 7 heteroatoms. The number of likely N-dealkylation sites (tertiary alicyclic amines) is 1. The summed E-state index contributed by atoms with van der Waals surface area (Å²) in [6.07, 6.45) is 3.43. The first-order valence-electron chi connectivity index (χ1n) is 9.17. The van der Waals surface area contributed by atoms with Crippen LogP contribution in [0.3, 0.4) is 0 Å². The summed E-state index contributed by atoms with van der Waals surface area (Å²) in [5.41, 5.74) is 0.545. The van der Waals surface area contributed by atoms with Crippen molar-refractivity contribution in [2.75, 3.05) is 13.1 Å². The lowest BCUT2D eigenvalue weighted by molar-refractivity contribution is -0.121. The van der Waals surface area contributed by atoms with Gasteiger partial charge < -0.3 is 9.73 Å². The lowest BCUT2D eigenvalue weighted by atomic mass is 9.93. The third-order valence-corrected chi connectivity index (χ3v) is 5.07. The Morgan fingerprint density at radius 2 is 2.11 bits per heavy atom. The molecule has 1 aliphatic heterocycles. The smallest absolute Gasteiger partial charge is 0.220 e. The standard InChI is InChI=1S/C20H23ClF2N2O2/c21-19-7-5-16(27-19)13-25-9-1-2-14(12-25)4-8-20(26)24-11-15-3-6-17(22)18(23)10-15/h3,5-7,10,14H,1-2,4,8-9,11-13H2,(H,24,26)/t14-/m1/s1. The summed E-state index contributed by atoms with van der Waals surface area (Å²) in [5, 5.41) is 3.17. The lowest BCUT2D eigenvalue weighted by Gasteiger charge is -2.32. The number of halogens is 3. The Balaban J connectivity index is 1.39. The van der Waals surface area contributed by atoms with Crippen molar-refractivity contribution in [1.82, 2.24) is 10.2 Å². The molecule has 4 nitrogen and oxygen atoms in total. The molecule has 2 heterocycles. The van der Waals surface area contributed by atoms with Crippen LogP contribution in [0.5, 0.6) is 0 Å². The fourth-order valence-corrected chi connectivity index (χ4v) is 3.62. The molecule has 1 amide bonds. The lowest BCUT2D eigenvalue weighted by Crippen LogP contribution is -2.35. The maximum atomic E-state index is 13.2. The molecule has 1 atom stereocenters. The molecule has 1 aromatic carbocycles. The van der Waals surface area contributed by atoms with Gasteiger partial charge in [-0.3, -0.25) is 9.69 Å². The van der Waals surface area contributed by atoms with E-state index in [2.05, 4.69) is 10.2 Å². The van der Waals surface area contributed by atoms with E-state index in [1.807, 2.05) is 6.07 Å². The van der Waals surface area contributed by atoms with Crippen molar-refractivity contribution in [1.29, 1.82) is 0 Å². The number of carbonyl (C=O) groups is 1. The normalized spacial score (nSPS) is 17.8. The van der Waals surface area contributed by atoms with Crippen molar-refractivity contribution in [3.05, 3.63) is 58.5 Å². The van der Waals surface area contributed by atoms with Gasteiger partial charge in [0.25, 0.3) is 0 Å². The topological polar surface area (TPSA) is 45.5 Å². The molecule has 0 saturated carbocycles. The van der Waals surface area contributed by atoms with Gasteiger partial charge in [-0.1, -0.05) is 6.07 Å². The predicted molar refractivity (Wildman–Crippen MR) is 99.2 cm³/mol. The van der Waals surface area contributed by atoms with E-state index in [1.165, 1.54) is 6.07 Å². The van der Waals surface area contributed by atoms with Crippen molar-refractivity contribution in [3.63, 3.8) is 0 Å². The fourth-order valence-electron chi connectivity index (χ4n) is 3.46. The Hall–Kier alpha value is -1.92. The summed E-state index contributed by atoms with van der Waals surface area (Å²) >= 11 is 5.81. The van der Waals surface area contributed by atoms with E-state index < -0.39 is 11.6 Å². The third-order valence-electron chi connectivity index (χ3n) is 4.86. The summed E-state index contributed by atoms with van der Waals surface area (Å²) in [6, 6.07) is 7.28. The summed E-state index contributed by atoms with van der Waals surface area (Å²) in [4.78, 5) is 14.4. The number of amides is 1. The van der Waals surface area contributed by atoms with Gasteiger partial charge in [0, 0.05) is 19.5 Å². The van der Waals surface area contributed by atoms with Crippen LogP contribution in [0, 0.1) is 17.6 Å². The Morgan fingerprint density at radius 3 is 2.85 bits per heavy atom. The highest BCUT2D eigenvalue weighted by Crippen LogP contribution is 2.23. The maximum Gasteiger partial charge on any atom is 0.220 e. The quantitative estimate of drug-likeness (QED) is 0.748. The molecule has 0 aliphatic carbocycles. The predicted octanol–water partition coefficient (Wildman–Crippen LogP) is 4.52. The van der Waals surface area contributed by atoms with E-state index in [0.717, 1.165) is 56.8 Å². The molecule has 0 bridgehead atoms. The van der Waals surface area contributed by atoms with Gasteiger partial charge in [0.2, 0.25) is 5.91 Å². The molecule has 1 fully saturated rings. The molecule has 0 unspecified atom stereocenters. The number of hydrogen-bond acceptors (Lipinski definition) is 3. The molecule has 27 heavy (non-hydrogen) atoms. The first-order valence-corrected chi connectivity index (χ1v) is 9.54. The van der Waals surface area contributed by atoms with Crippen LogP contribution in [0.4, 0.5) is 8.78 Å². The second-order valence-corrected chi connectivity index (χ2v) is 7.39. The number of furan rings is 1. The molecule has 2 aromatic rings. The highest BCUT2D eigenvalue weighted by Gasteiger charge is 2.21. The zero-order chi connectivity index (χ0) is 19.2. The van der Waals surface area contributed by atoms with Crippen LogP contribution >= 0.6 is 11.6 Å². The number of nitrogens with one attached hydrogen (secondary N) is 1. The Labute approximate surface area is 162 Å². The molecular weight excluding hydrogens is 374 g/mol. The van der Waals surface area contributed by atoms with Gasteiger partial charge in [-0.25, -0.2) is 8.78 Å². The van der Waals surface area contributed by atoms with Crippen molar-refractivity contribution < 1.29 is 18.0 Å². The number of carbonyl (C=O) groups excluding carboxylic acids is 1. The molecule has 3 rings (SSSR count). The van der Waals surface area contributed by atoms with Crippen LogP contribution in [-0.4, -0.2) is 23.9 Å². The fraction of sp³-hybridized carbons (Fsp3) is 0.450. The van der Waals surface area contributed by atoms with E-state index in [1.54, 1.807) is 6.07 Å². The zero-order valence-corrected chi connectivity index (χ0v) is 15.8. The maximum absolute atomic E-state index is 13.2. The molecule has 0 radical (unpaired) electrons. The first kappa shape index (κ1) is 19.8. The number of hydrogen-bond donors (Lipinski definition) is 1. The van der Waals surface area contributed by atoms with Gasteiger partial charge in [-0.15, -0.1) is 0 Å². The average molecular weight is 397 g/mol. The zero-order valence-electron chi connectivity index (χ0n) is 15.0. The second kappa shape index (κ2) is 9.33. The van der Waals surface area contributed by atoms with Crippen LogP contribution in [-0.2, 0) is 17.9 Å². The van der Waals surface area contributed by atoms with Gasteiger partial charge in [-0.05, 0) is 73.2 Å². The molecule has 0 spiro atoms. The molecule has 1 aromatic heterocycles. The molecule has 1 N–H and O–H groups in total. The number of benzene rings is 1. The Bertz CT molecular complexity index is 781. The van der Waals surface area contributed by atoms with Crippen LogP contribution in [0.25, 0.3) is 0 Å². The second-order valence-electron chi connectivity index (χ2n) is 7.01. The van der Waals surface area contributed by atoms with Crippen molar-refractivity contribution >= 4 is 17.5 Å². The highest BCUT2D eigenvalue weighted by molar-refractivity contribution is 6.28. The summed E-state index contributed by atoms with van der Waals surface area (Å²) in [7, 11) is 0. The van der Waals surface area contributed by atoms with Gasteiger partial charge in [0.15, 0.2) is 16.9 Å². The Morgan fingerprint density at radius 1 is 1.26 bits per heavy atom. The molecule has 1 aliphatic rings. The number of rotatable bonds is 7. The van der Waals surface area contributed by atoms with E-state index >= 15 is 0 Å². The first-order chi connectivity index (χ1) is 13.0. The monoisotopic (exact) mass is 396 g/mol. The number of piperidine rings is 1. The van der Waals surface area contributed by atoms with E-state index in [0.29, 0.717) is 23.1 Å². The van der Waals surface area contributed by atoms with Gasteiger partial charge in [-0.2, -0.15) is 0 Å². The van der Waals surface area contributed by atoms with E-state index in [-0.39, 0.29) is 12.5 Å². The van der Waals surface area contributed by atoms with E-state index in [9.17, 15) is 13.6 Å². The minimum Gasteiger partial charge on any atom is -0.448 e. The van der Waals surface area contributed by atoms with Crippen LogP contribution in [0.15, 0.2) is 34.7 Å². The summed E-state index contributed by atoms with van der Waals surface area (Å²) < 4.78 is 31.5. The summed E-state index contributed by atoms with van der Waals surface area (Å²) in [6.45, 7) is 2.86. The average Bonchev–Trinajstić information content (AvgIpc) is 3.06. The van der Waals surface area contributed by atoms with Crippen LogP contribution in [0.2, 0.25) is 5.22 Å². The van der Waals surface area contributed by atoms with Crippen molar-refractivity contribution in [3.8, 4) is 0 Å². The van der Waals surface area contributed by atoms with Gasteiger partial charge in [0.1, 0.15) is 5.76 Å². The highest BCUT2D eigenvalue weighted by atomic mass is 35.5. The molecular formula is C20H23ClF2N2O2. The van der Waals surface area contributed by atoms with Crippen LogP contribution < -0.4 is 5.32 Å². The van der Waals surface area contributed by atoms with E-state index in [4.69, 9.17) is 16.0 Å². The SMILES string of the molecule is O=C(CC[C@H]1CCCN(Cc2ccc(Cl)o2)C1)NCc1ccc(F)c(F)c1. The van der Waals surface area contributed by atoms with Crippen molar-refractivity contribution in [2.45, 2.75) is 38.8 Å². The molecule has 1 saturated heterocycles. The minimum atomic E-state index is -0.901. The van der Waals surface area contributed by atoms with Crippen LogP contribution in [0.1, 0.15) is 37.0 Å².